The van der Waals surface area contributed by atoms with Crippen molar-refractivity contribution in [1.82, 2.24) is 0 Å². The fraction of sp³-hybridized carbons (Fsp3) is 0.667. The van der Waals surface area contributed by atoms with Gasteiger partial charge in [0.2, 0.25) is 0 Å². The third-order valence-electron chi connectivity index (χ3n) is 1.67. The summed E-state index contributed by atoms with van der Waals surface area (Å²) in [4.78, 5) is 0. The molecule has 0 amide bonds. The molecule has 0 radical (unpaired) electrons. The first-order chi connectivity index (χ1) is 5.26. The van der Waals surface area contributed by atoms with Crippen molar-refractivity contribution < 1.29 is 5.11 Å². The van der Waals surface area contributed by atoms with E-state index in [4.69, 9.17) is 5.26 Å². The predicted molar refractivity (Wildman–Crippen MR) is 44.8 cm³/mol. The smallest absolute Gasteiger partial charge is 0.0900 e. The van der Waals surface area contributed by atoms with E-state index in [2.05, 4.69) is 13.5 Å². The first-order valence-electron chi connectivity index (χ1n) is 3.96. The van der Waals surface area contributed by atoms with E-state index in [1.807, 2.05) is 6.07 Å². The molecule has 2 unspecified atom stereocenters. The van der Waals surface area contributed by atoms with Gasteiger partial charge in [-0.25, -0.2) is 0 Å². The van der Waals surface area contributed by atoms with E-state index < -0.39 is 12.0 Å². The van der Waals surface area contributed by atoms with Gasteiger partial charge in [-0.05, 0) is 6.42 Å². The average Bonchev–Trinajstić information content (AvgIpc) is 2.03. The van der Waals surface area contributed by atoms with Gasteiger partial charge in [-0.3, -0.25) is 0 Å². The van der Waals surface area contributed by atoms with E-state index in [1.54, 1.807) is 0 Å². The standard InChI is InChI=1S/C9H15NO/c1-3-5-6-9(11)8(4-2)7-10/h4,8-9,11H,2-3,5-6H2,1H3. The first-order valence-corrected chi connectivity index (χ1v) is 3.96. The molecule has 62 valence electrons. The Morgan fingerprint density at radius 2 is 2.36 bits per heavy atom. The monoisotopic (exact) mass is 153 g/mol. The van der Waals surface area contributed by atoms with Gasteiger partial charge < -0.3 is 5.11 Å². The van der Waals surface area contributed by atoms with Crippen LogP contribution in [-0.2, 0) is 0 Å². The number of nitrogens with zero attached hydrogens (tertiary/aromatic N) is 1. The SMILES string of the molecule is C=CC(C#N)C(O)CCCC. The Kier molecular flexibility index (Phi) is 5.50. The lowest BCUT2D eigenvalue weighted by atomic mass is 10.00. The quantitative estimate of drug-likeness (QED) is 0.613. The second kappa shape index (κ2) is 5.94. The van der Waals surface area contributed by atoms with Crippen molar-refractivity contribution in [2.24, 2.45) is 5.92 Å². The maximum atomic E-state index is 9.35. The summed E-state index contributed by atoms with van der Waals surface area (Å²) < 4.78 is 0. The van der Waals surface area contributed by atoms with E-state index in [1.165, 1.54) is 6.08 Å². The lowest BCUT2D eigenvalue weighted by molar-refractivity contribution is 0.139. The molecule has 0 saturated carbocycles. The van der Waals surface area contributed by atoms with Crippen LogP contribution >= 0.6 is 0 Å². The molecule has 2 atom stereocenters. The van der Waals surface area contributed by atoms with Crippen LogP contribution < -0.4 is 0 Å². The lowest BCUT2D eigenvalue weighted by Crippen LogP contribution is -2.16. The fourth-order valence-electron chi connectivity index (χ4n) is 0.889. The summed E-state index contributed by atoms with van der Waals surface area (Å²) in [5.41, 5.74) is 0. The van der Waals surface area contributed by atoms with Gasteiger partial charge in [-0.1, -0.05) is 25.8 Å². The highest BCUT2D eigenvalue weighted by molar-refractivity contribution is 4.99. The van der Waals surface area contributed by atoms with Gasteiger partial charge >= 0.3 is 0 Å². The summed E-state index contributed by atoms with van der Waals surface area (Å²) in [7, 11) is 0. The number of hydrogen-bond donors (Lipinski definition) is 1. The zero-order valence-corrected chi connectivity index (χ0v) is 6.95. The maximum absolute atomic E-state index is 9.35. The van der Waals surface area contributed by atoms with Crippen LogP contribution in [0.25, 0.3) is 0 Å². The fourth-order valence-corrected chi connectivity index (χ4v) is 0.889. The summed E-state index contributed by atoms with van der Waals surface area (Å²) in [5, 5.41) is 17.9. The Hall–Kier alpha value is -0.810. The number of nitriles is 1. The van der Waals surface area contributed by atoms with Crippen molar-refractivity contribution in [2.45, 2.75) is 32.3 Å². The van der Waals surface area contributed by atoms with Gasteiger partial charge in [0.25, 0.3) is 0 Å². The van der Waals surface area contributed by atoms with Gasteiger partial charge in [0.05, 0.1) is 18.1 Å². The van der Waals surface area contributed by atoms with E-state index in [0.717, 1.165) is 12.8 Å². The minimum Gasteiger partial charge on any atom is -0.391 e. The van der Waals surface area contributed by atoms with Crippen molar-refractivity contribution in [3.05, 3.63) is 12.7 Å². The minimum atomic E-state index is -0.530. The highest BCUT2D eigenvalue weighted by Crippen LogP contribution is 2.10. The van der Waals surface area contributed by atoms with Crippen molar-refractivity contribution in [3.63, 3.8) is 0 Å². The van der Waals surface area contributed by atoms with E-state index in [9.17, 15) is 5.11 Å². The van der Waals surface area contributed by atoms with E-state index in [0.29, 0.717) is 6.42 Å². The molecule has 11 heavy (non-hydrogen) atoms. The summed E-state index contributed by atoms with van der Waals surface area (Å²) >= 11 is 0. The Labute approximate surface area is 68.2 Å². The second-order valence-electron chi connectivity index (χ2n) is 2.60. The van der Waals surface area contributed by atoms with Crippen molar-refractivity contribution in [3.8, 4) is 6.07 Å². The zero-order chi connectivity index (χ0) is 8.69. The Morgan fingerprint density at radius 1 is 1.73 bits per heavy atom. The molecule has 1 N–H and O–H groups in total. The summed E-state index contributed by atoms with van der Waals surface area (Å²) in [6, 6.07) is 1.99. The van der Waals surface area contributed by atoms with Crippen molar-refractivity contribution in [2.75, 3.05) is 0 Å². The second-order valence-corrected chi connectivity index (χ2v) is 2.60. The highest BCUT2D eigenvalue weighted by atomic mass is 16.3. The molecule has 0 aliphatic heterocycles. The van der Waals surface area contributed by atoms with Crippen molar-refractivity contribution in [1.29, 1.82) is 5.26 Å². The van der Waals surface area contributed by atoms with Gasteiger partial charge in [0.1, 0.15) is 0 Å². The molecule has 0 aromatic rings. The largest absolute Gasteiger partial charge is 0.391 e. The molecule has 0 aliphatic rings. The van der Waals surface area contributed by atoms with Gasteiger partial charge in [0, 0.05) is 0 Å². The van der Waals surface area contributed by atoms with Crippen LogP contribution in [0.3, 0.4) is 0 Å². The molecule has 0 rings (SSSR count). The number of aliphatic hydroxyl groups excluding tert-OH is 1. The Bertz CT molecular complexity index is 148. The number of rotatable bonds is 5. The van der Waals surface area contributed by atoms with E-state index >= 15 is 0 Å². The molecule has 2 heteroatoms. The third-order valence-corrected chi connectivity index (χ3v) is 1.67. The Morgan fingerprint density at radius 3 is 2.73 bits per heavy atom. The molecule has 0 aromatic carbocycles. The zero-order valence-electron chi connectivity index (χ0n) is 6.95. The minimum absolute atomic E-state index is 0.401. The topological polar surface area (TPSA) is 44.0 Å². The lowest BCUT2D eigenvalue weighted by Gasteiger charge is -2.11. The van der Waals surface area contributed by atoms with Crippen LogP contribution in [0.4, 0.5) is 0 Å². The van der Waals surface area contributed by atoms with Crippen LogP contribution in [0, 0.1) is 17.2 Å². The van der Waals surface area contributed by atoms with Crippen LogP contribution in [0.5, 0.6) is 0 Å². The van der Waals surface area contributed by atoms with Crippen LogP contribution in [0.15, 0.2) is 12.7 Å². The molecule has 0 aliphatic carbocycles. The Balaban J connectivity index is 3.71. The predicted octanol–water partition coefficient (Wildman–Crippen LogP) is 1.86. The van der Waals surface area contributed by atoms with Crippen LogP contribution in [0.1, 0.15) is 26.2 Å². The summed E-state index contributed by atoms with van der Waals surface area (Å²) in [6.07, 6.45) is 3.68. The molecule has 0 spiro atoms. The highest BCUT2D eigenvalue weighted by Gasteiger charge is 2.13. The van der Waals surface area contributed by atoms with Crippen molar-refractivity contribution >= 4 is 0 Å². The summed E-state index contributed by atoms with van der Waals surface area (Å²) in [5.74, 6) is -0.401. The molecule has 0 heterocycles. The molecule has 2 nitrogen and oxygen atoms in total. The van der Waals surface area contributed by atoms with E-state index in [-0.39, 0.29) is 0 Å². The molecule has 0 aromatic heterocycles. The normalized spacial score (nSPS) is 15.0. The van der Waals surface area contributed by atoms with Gasteiger partial charge in [0.15, 0.2) is 0 Å². The molecular formula is C9H15NO. The van der Waals surface area contributed by atoms with Gasteiger partial charge in [-0.15, -0.1) is 6.58 Å². The molecular weight excluding hydrogens is 138 g/mol. The maximum Gasteiger partial charge on any atom is 0.0900 e. The van der Waals surface area contributed by atoms with Gasteiger partial charge in [-0.2, -0.15) is 5.26 Å². The van der Waals surface area contributed by atoms with Crippen LogP contribution in [0.2, 0.25) is 0 Å². The molecule has 0 fully saturated rings. The first kappa shape index (κ1) is 10.2. The number of unbranched alkanes of at least 4 members (excludes halogenated alkanes) is 1. The molecule has 0 saturated heterocycles. The van der Waals surface area contributed by atoms with Crippen LogP contribution in [-0.4, -0.2) is 11.2 Å². The third kappa shape index (κ3) is 3.79. The molecule has 0 bridgehead atoms. The number of aliphatic hydroxyl groups is 1. The average molecular weight is 153 g/mol. The summed E-state index contributed by atoms with van der Waals surface area (Å²) in [6.45, 7) is 5.54. The number of hydrogen-bond acceptors (Lipinski definition) is 2.